The van der Waals surface area contributed by atoms with E-state index in [1.807, 2.05) is 12.2 Å². The largest absolute Gasteiger partial charge is 0.516 e. The van der Waals surface area contributed by atoms with Gasteiger partial charge in [-0.3, -0.25) is 4.90 Å². The van der Waals surface area contributed by atoms with Gasteiger partial charge in [0.1, 0.15) is 0 Å². The number of aliphatic hydroxyl groups excluding tert-OH is 1. The molecule has 0 radical (unpaired) electrons. The highest BCUT2D eigenvalue weighted by Gasteiger charge is 1.95. The fraction of sp³-hybridized carbons (Fsp3) is 0.333. The molecule has 0 aliphatic rings. The van der Waals surface area contributed by atoms with Gasteiger partial charge in [-0.25, -0.2) is 0 Å². The zero-order chi connectivity index (χ0) is 8.53. The molecule has 0 fully saturated rings. The third-order valence-corrected chi connectivity index (χ3v) is 1.24. The molecule has 62 valence electrons. The molecule has 0 aliphatic carbocycles. The molecule has 0 atom stereocenters. The Labute approximate surface area is 68.1 Å². The summed E-state index contributed by atoms with van der Waals surface area (Å²) in [7, 11) is 0. The average molecular weight is 153 g/mol. The van der Waals surface area contributed by atoms with Crippen LogP contribution in [0.1, 0.15) is 0 Å². The molecule has 2 nitrogen and oxygen atoms in total. The van der Waals surface area contributed by atoms with Gasteiger partial charge in [-0.1, -0.05) is 12.2 Å². The highest BCUT2D eigenvalue weighted by atomic mass is 16.2. The van der Waals surface area contributed by atoms with E-state index < -0.39 is 0 Å². The molecule has 2 heteroatoms. The van der Waals surface area contributed by atoms with Crippen molar-refractivity contribution in [2.24, 2.45) is 0 Å². The second kappa shape index (κ2) is 7.09. The Bertz CT molecular complexity index is 130. The van der Waals surface area contributed by atoms with Crippen LogP contribution < -0.4 is 0 Å². The van der Waals surface area contributed by atoms with Gasteiger partial charge in [-0.15, -0.1) is 13.2 Å². The number of hydrogen-bond donors (Lipinski definition) is 1. The second-order valence-electron chi connectivity index (χ2n) is 2.18. The maximum atomic E-state index is 8.39. The maximum Gasteiger partial charge on any atom is 0.0764 e. The topological polar surface area (TPSA) is 23.5 Å². The Kier molecular flexibility index (Phi) is 6.43. The minimum absolute atomic E-state index is 0.731. The van der Waals surface area contributed by atoms with E-state index in [-0.39, 0.29) is 0 Å². The smallest absolute Gasteiger partial charge is 0.0764 e. The normalized spacial score (nSPS) is 10.6. The van der Waals surface area contributed by atoms with E-state index in [9.17, 15) is 0 Å². The zero-order valence-corrected chi connectivity index (χ0v) is 6.74. The SMILES string of the molecule is C=CCN(CC=C)CC=CO. The molecule has 0 aromatic heterocycles. The van der Waals surface area contributed by atoms with Crippen molar-refractivity contribution in [3.8, 4) is 0 Å². The van der Waals surface area contributed by atoms with Crippen LogP contribution in [0.2, 0.25) is 0 Å². The predicted octanol–water partition coefficient (Wildman–Crippen LogP) is 1.73. The van der Waals surface area contributed by atoms with Gasteiger partial charge in [-0.2, -0.15) is 0 Å². The van der Waals surface area contributed by atoms with Gasteiger partial charge in [0.05, 0.1) is 6.26 Å². The maximum absolute atomic E-state index is 8.39. The molecule has 0 unspecified atom stereocenters. The van der Waals surface area contributed by atoms with Crippen LogP contribution in [0.25, 0.3) is 0 Å². The summed E-state index contributed by atoms with van der Waals surface area (Å²) in [5.74, 6) is 0. The minimum Gasteiger partial charge on any atom is -0.516 e. The van der Waals surface area contributed by atoms with Crippen molar-refractivity contribution in [3.05, 3.63) is 37.6 Å². The van der Waals surface area contributed by atoms with Gasteiger partial charge in [0.15, 0.2) is 0 Å². The van der Waals surface area contributed by atoms with E-state index in [1.54, 1.807) is 6.08 Å². The molecule has 0 aromatic rings. The highest BCUT2D eigenvalue weighted by molar-refractivity contribution is 4.85. The third kappa shape index (κ3) is 5.43. The molecule has 0 bridgehead atoms. The van der Waals surface area contributed by atoms with Crippen molar-refractivity contribution in [2.75, 3.05) is 19.6 Å². The third-order valence-electron chi connectivity index (χ3n) is 1.24. The van der Waals surface area contributed by atoms with Crippen molar-refractivity contribution in [3.63, 3.8) is 0 Å². The van der Waals surface area contributed by atoms with Gasteiger partial charge in [0, 0.05) is 19.6 Å². The summed E-state index contributed by atoms with van der Waals surface area (Å²) in [5, 5.41) is 8.39. The van der Waals surface area contributed by atoms with Gasteiger partial charge < -0.3 is 5.11 Å². The van der Waals surface area contributed by atoms with Crippen molar-refractivity contribution >= 4 is 0 Å². The lowest BCUT2D eigenvalue weighted by molar-refractivity contribution is 0.367. The van der Waals surface area contributed by atoms with Crippen molar-refractivity contribution < 1.29 is 5.11 Å². The number of aliphatic hydroxyl groups is 1. The molecule has 0 amide bonds. The monoisotopic (exact) mass is 153 g/mol. The van der Waals surface area contributed by atoms with E-state index in [0.29, 0.717) is 0 Å². The highest BCUT2D eigenvalue weighted by Crippen LogP contribution is 1.88. The Morgan fingerprint density at radius 3 is 2.00 bits per heavy atom. The van der Waals surface area contributed by atoms with Crippen molar-refractivity contribution in [1.82, 2.24) is 4.90 Å². The van der Waals surface area contributed by atoms with Crippen LogP contribution in [0, 0.1) is 0 Å². The molecule has 0 rings (SSSR count). The van der Waals surface area contributed by atoms with Crippen LogP contribution in [-0.2, 0) is 0 Å². The summed E-state index contributed by atoms with van der Waals surface area (Å²) < 4.78 is 0. The molecular weight excluding hydrogens is 138 g/mol. The van der Waals surface area contributed by atoms with Crippen LogP contribution in [0.5, 0.6) is 0 Å². The number of hydrogen-bond acceptors (Lipinski definition) is 2. The molecule has 0 aliphatic heterocycles. The fourth-order valence-electron chi connectivity index (χ4n) is 0.785. The number of rotatable bonds is 6. The molecule has 0 saturated carbocycles. The van der Waals surface area contributed by atoms with Crippen molar-refractivity contribution in [2.45, 2.75) is 0 Å². The molecular formula is C9H15NO. The lowest BCUT2D eigenvalue weighted by atomic mass is 10.4. The van der Waals surface area contributed by atoms with Crippen LogP contribution in [0.3, 0.4) is 0 Å². The van der Waals surface area contributed by atoms with E-state index in [4.69, 9.17) is 5.11 Å². The molecule has 0 aromatic carbocycles. The number of nitrogens with zero attached hydrogens (tertiary/aromatic N) is 1. The lowest BCUT2D eigenvalue weighted by Gasteiger charge is -2.15. The molecule has 0 saturated heterocycles. The summed E-state index contributed by atoms with van der Waals surface area (Å²) in [6.45, 7) is 9.62. The van der Waals surface area contributed by atoms with E-state index in [2.05, 4.69) is 18.1 Å². The van der Waals surface area contributed by atoms with Gasteiger partial charge in [0.2, 0.25) is 0 Å². The summed E-state index contributed by atoms with van der Waals surface area (Å²) in [5.41, 5.74) is 0. The summed E-state index contributed by atoms with van der Waals surface area (Å²) in [4.78, 5) is 2.09. The minimum atomic E-state index is 0.731. The Morgan fingerprint density at radius 2 is 1.64 bits per heavy atom. The molecule has 0 spiro atoms. The van der Waals surface area contributed by atoms with Gasteiger partial charge in [-0.05, 0) is 6.08 Å². The second-order valence-corrected chi connectivity index (χ2v) is 2.18. The van der Waals surface area contributed by atoms with E-state index in [1.165, 1.54) is 0 Å². The van der Waals surface area contributed by atoms with Crippen LogP contribution in [0.15, 0.2) is 37.6 Å². The first-order chi connectivity index (χ1) is 5.35. The molecule has 0 heterocycles. The lowest BCUT2D eigenvalue weighted by Crippen LogP contribution is -2.23. The van der Waals surface area contributed by atoms with Crippen LogP contribution >= 0.6 is 0 Å². The Hall–Kier alpha value is -1.02. The summed E-state index contributed by atoms with van der Waals surface area (Å²) in [6, 6.07) is 0. The van der Waals surface area contributed by atoms with E-state index >= 15 is 0 Å². The first-order valence-corrected chi connectivity index (χ1v) is 3.58. The van der Waals surface area contributed by atoms with Gasteiger partial charge >= 0.3 is 0 Å². The standard InChI is InChI=1S/C9H15NO/c1-3-6-10(7-4-2)8-5-9-11/h3-5,9,11H,1-2,6-8H2. The first-order valence-electron chi connectivity index (χ1n) is 3.58. The predicted molar refractivity (Wildman–Crippen MR) is 48.6 cm³/mol. The molecule has 1 N–H and O–H groups in total. The summed E-state index contributed by atoms with van der Waals surface area (Å²) >= 11 is 0. The van der Waals surface area contributed by atoms with Gasteiger partial charge in [0.25, 0.3) is 0 Å². The molecule has 11 heavy (non-hydrogen) atoms. The van der Waals surface area contributed by atoms with Crippen LogP contribution in [-0.4, -0.2) is 29.6 Å². The summed E-state index contributed by atoms with van der Waals surface area (Å²) in [6.07, 6.45) is 6.40. The Balaban J connectivity index is 3.66. The van der Waals surface area contributed by atoms with Crippen molar-refractivity contribution in [1.29, 1.82) is 0 Å². The zero-order valence-electron chi connectivity index (χ0n) is 6.74. The average Bonchev–Trinajstić information content (AvgIpc) is 2.01. The van der Waals surface area contributed by atoms with E-state index in [0.717, 1.165) is 25.9 Å². The first kappa shape index (κ1) is 9.98. The Morgan fingerprint density at radius 1 is 1.09 bits per heavy atom. The van der Waals surface area contributed by atoms with Crippen LogP contribution in [0.4, 0.5) is 0 Å². The fourth-order valence-corrected chi connectivity index (χ4v) is 0.785. The quantitative estimate of drug-likeness (QED) is 0.464.